The standard InChI is InChI=1S/C12H18BrN3O/c1-9(2)16-12(17)3-4-14-6-10-5-11(13)8-15-7-10/h5,7-9,14H,3-4,6H2,1-2H3,(H,16,17). The van der Waals surface area contributed by atoms with E-state index >= 15 is 0 Å². The maximum Gasteiger partial charge on any atom is 0.221 e. The summed E-state index contributed by atoms with van der Waals surface area (Å²) in [4.78, 5) is 15.4. The smallest absolute Gasteiger partial charge is 0.221 e. The van der Waals surface area contributed by atoms with E-state index in [0.717, 1.165) is 16.6 Å². The van der Waals surface area contributed by atoms with E-state index in [1.54, 1.807) is 6.20 Å². The average Bonchev–Trinajstić information content (AvgIpc) is 2.23. The van der Waals surface area contributed by atoms with Crippen LogP contribution in [0.3, 0.4) is 0 Å². The molecule has 0 spiro atoms. The summed E-state index contributed by atoms with van der Waals surface area (Å²) < 4.78 is 0.967. The van der Waals surface area contributed by atoms with Crippen molar-refractivity contribution < 1.29 is 4.79 Å². The van der Waals surface area contributed by atoms with E-state index in [9.17, 15) is 4.79 Å². The molecule has 0 saturated carbocycles. The number of halogens is 1. The lowest BCUT2D eigenvalue weighted by atomic mass is 10.3. The van der Waals surface area contributed by atoms with Gasteiger partial charge in [0, 0.05) is 42.4 Å². The molecule has 0 atom stereocenters. The van der Waals surface area contributed by atoms with Crippen molar-refractivity contribution in [1.29, 1.82) is 0 Å². The van der Waals surface area contributed by atoms with Crippen LogP contribution >= 0.6 is 15.9 Å². The monoisotopic (exact) mass is 299 g/mol. The molecule has 1 heterocycles. The molecule has 0 unspecified atom stereocenters. The van der Waals surface area contributed by atoms with Crippen LogP contribution in [0.4, 0.5) is 0 Å². The van der Waals surface area contributed by atoms with Crippen LogP contribution in [0.15, 0.2) is 22.9 Å². The topological polar surface area (TPSA) is 54.0 Å². The molecule has 4 nitrogen and oxygen atoms in total. The van der Waals surface area contributed by atoms with E-state index < -0.39 is 0 Å². The number of carbonyl (C=O) groups excluding carboxylic acids is 1. The summed E-state index contributed by atoms with van der Waals surface area (Å²) in [6, 6.07) is 2.21. The lowest BCUT2D eigenvalue weighted by molar-refractivity contribution is -0.121. The van der Waals surface area contributed by atoms with E-state index in [1.807, 2.05) is 26.1 Å². The van der Waals surface area contributed by atoms with Crippen molar-refractivity contribution >= 4 is 21.8 Å². The Kier molecular flexibility index (Phi) is 6.15. The Hall–Kier alpha value is -0.940. The van der Waals surface area contributed by atoms with Crippen molar-refractivity contribution in [2.75, 3.05) is 6.54 Å². The summed E-state index contributed by atoms with van der Waals surface area (Å²) in [6.07, 6.45) is 4.06. The Bertz CT molecular complexity index is 369. The third-order valence-corrected chi connectivity index (χ3v) is 2.50. The molecule has 1 rings (SSSR count). The van der Waals surface area contributed by atoms with Gasteiger partial charge in [-0.25, -0.2) is 0 Å². The fourth-order valence-electron chi connectivity index (χ4n) is 1.38. The Morgan fingerprint density at radius 3 is 2.88 bits per heavy atom. The van der Waals surface area contributed by atoms with Crippen molar-refractivity contribution in [3.8, 4) is 0 Å². The Balaban J connectivity index is 2.18. The Labute approximate surface area is 110 Å². The van der Waals surface area contributed by atoms with Crippen molar-refractivity contribution in [1.82, 2.24) is 15.6 Å². The van der Waals surface area contributed by atoms with Gasteiger partial charge < -0.3 is 10.6 Å². The van der Waals surface area contributed by atoms with Crippen LogP contribution in [-0.2, 0) is 11.3 Å². The van der Waals surface area contributed by atoms with Crippen LogP contribution in [0.1, 0.15) is 25.8 Å². The average molecular weight is 300 g/mol. The zero-order chi connectivity index (χ0) is 12.7. The Morgan fingerprint density at radius 2 is 2.24 bits per heavy atom. The minimum absolute atomic E-state index is 0.0832. The summed E-state index contributed by atoms with van der Waals surface area (Å²) in [7, 11) is 0. The fourth-order valence-corrected chi connectivity index (χ4v) is 1.79. The predicted molar refractivity (Wildman–Crippen MR) is 71.5 cm³/mol. The number of rotatable bonds is 6. The zero-order valence-electron chi connectivity index (χ0n) is 10.2. The van der Waals surface area contributed by atoms with E-state index in [-0.39, 0.29) is 11.9 Å². The highest BCUT2D eigenvalue weighted by Crippen LogP contribution is 2.08. The van der Waals surface area contributed by atoms with Gasteiger partial charge >= 0.3 is 0 Å². The van der Waals surface area contributed by atoms with Gasteiger partial charge in [0.05, 0.1) is 0 Å². The van der Waals surface area contributed by atoms with Gasteiger partial charge in [-0.05, 0) is 41.4 Å². The van der Waals surface area contributed by atoms with Gasteiger partial charge in [0.15, 0.2) is 0 Å². The molecule has 0 fully saturated rings. The molecule has 1 amide bonds. The molecule has 0 aliphatic heterocycles. The molecular formula is C12H18BrN3O. The van der Waals surface area contributed by atoms with E-state index in [1.165, 1.54) is 0 Å². The van der Waals surface area contributed by atoms with Crippen LogP contribution in [0.5, 0.6) is 0 Å². The summed E-state index contributed by atoms with van der Waals surface area (Å²) in [5.74, 6) is 0.0832. The quantitative estimate of drug-likeness (QED) is 0.788. The molecule has 94 valence electrons. The maximum absolute atomic E-state index is 11.3. The van der Waals surface area contributed by atoms with E-state index in [2.05, 4.69) is 31.5 Å². The highest BCUT2D eigenvalue weighted by atomic mass is 79.9. The lowest BCUT2D eigenvalue weighted by Gasteiger charge is -2.08. The summed E-state index contributed by atoms with van der Waals surface area (Å²) in [5, 5.41) is 6.06. The molecule has 17 heavy (non-hydrogen) atoms. The number of aromatic nitrogens is 1. The van der Waals surface area contributed by atoms with Crippen molar-refractivity contribution in [2.24, 2.45) is 0 Å². The first kappa shape index (κ1) is 14.1. The molecule has 2 N–H and O–H groups in total. The van der Waals surface area contributed by atoms with Gasteiger partial charge in [-0.3, -0.25) is 9.78 Å². The molecule has 0 bridgehead atoms. The second kappa shape index (κ2) is 7.40. The molecule has 0 aromatic carbocycles. The molecule has 1 aromatic rings. The largest absolute Gasteiger partial charge is 0.354 e. The minimum atomic E-state index is 0.0832. The van der Waals surface area contributed by atoms with Crippen molar-refractivity contribution in [2.45, 2.75) is 32.9 Å². The number of nitrogens with one attached hydrogen (secondary N) is 2. The van der Waals surface area contributed by atoms with Gasteiger partial charge in [0.2, 0.25) is 5.91 Å². The number of pyridine rings is 1. The maximum atomic E-state index is 11.3. The van der Waals surface area contributed by atoms with Crippen LogP contribution in [-0.4, -0.2) is 23.5 Å². The van der Waals surface area contributed by atoms with Crippen LogP contribution in [0.25, 0.3) is 0 Å². The second-order valence-electron chi connectivity index (χ2n) is 4.16. The number of amides is 1. The molecule has 0 radical (unpaired) electrons. The highest BCUT2D eigenvalue weighted by Gasteiger charge is 2.02. The Morgan fingerprint density at radius 1 is 1.47 bits per heavy atom. The molecule has 1 aromatic heterocycles. The number of nitrogens with zero attached hydrogens (tertiary/aromatic N) is 1. The zero-order valence-corrected chi connectivity index (χ0v) is 11.8. The molecular weight excluding hydrogens is 282 g/mol. The van der Waals surface area contributed by atoms with Gasteiger partial charge in [0.1, 0.15) is 0 Å². The third-order valence-electron chi connectivity index (χ3n) is 2.07. The second-order valence-corrected chi connectivity index (χ2v) is 5.08. The van der Waals surface area contributed by atoms with Crippen molar-refractivity contribution in [3.63, 3.8) is 0 Å². The van der Waals surface area contributed by atoms with E-state index in [4.69, 9.17) is 0 Å². The van der Waals surface area contributed by atoms with Gasteiger partial charge in [0.25, 0.3) is 0 Å². The lowest BCUT2D eigenvalue weighted by Crippen LogP contribution is -2.32. The van der Waals surface area contributed by atoms with Gasteiger partial charge in [-0.2, -0.15) is 0 Å². The third kappa shape index (κ3) is 6.38. The predicted octanol–water partition coefficient (Wildman–Crippen LogP) is 1.85. The number of carbonyl (C=O) groups is 1. The van der Waals surface area contributed by atoms with Crippen molar-refractivity contribution in [3.05, 3.63) is 28.5 Å². The number of hydrogen-bond acceptors (Lipinski definition) is 3. The molecule has 5 heteroatoms. The summed E-state index contributed by atoms with van der Waals surface area (Å²) in [5.41, 5.74) is 1.10. The van der Waals surface area contributed by atoms with E-state index in [0.29, 0.717) is 13.0 Å². The first-order chi connectivity index (χ1) is 8.08. The van der Waals surface area contributed by atoms with Crippen LogP contribution in [0, 0.1) is 0 Å². The van der Waals surface area contributed by atoms with Crippen LogP contribution < -0.4 is 10.6 Å². The molecule has 0 saturated heterocycles. The first-order valence-corrected chi connectivity index (χ1v) is 6.46. The summed E-state index contributed by atoms with van der Waals surface area (Å²) >= 11 is 3.37. The fraction of sp³-hybridized carbons (Fsp3) is 0.500. The molecule has 0 aliphatic carbocycles. The van der Waals surface area contributed by atoms with Crippen LogP contribution in [0.2, 0.25) is 0 Å². The van der Waals surface area contributed by atoms with Gasteiger partial charge in [-0.1, -0.05) is 0 Å². The SMILES string of the molecule is CC(C)NC(=O)CCNCc1cncc(Br)c1. The van der Waals surface area contributed by atoms with Gasteiger partial charge in [-0.15, -0.1) is 0 Å². The number of hydrogen-bond donors (Lipinski definition) is 2. The first-order valence-electron chi connectivity index (χ1n) is 5.67. The normalized spacial score (nSPS) is 10.6. The molecule has 0 aliphatic rings. The highest BCUT2D eigenvalue weighted by molar-refractivity contribution is 9.10. The minimum Gasteiger partial charge on any atom is -0.354 e. The summed E-state index contributed by atoms with van der Waals surface area (Å²) in [6.45, 7) is 5.31.